The zero-order valence-corrected chi connectivity index (χ0v) is 26.3. The van der Waals surface area contributed by atoms with Crippen molar-refractivity contribution < 1.29 is 33.0 Å². The predicted octanol–water partition coefficient (Wildman–Crippen LogP) is 3.46. The molecule has 0 bridgehead atoms. The zero-order chi connectivity index (χ0) is 31.1. The molecule has 3 amide bonds. The summed E-state index contributed by atoms with van der Waals surface area (Å²) in [6.45, 7) is 10.6. The number of halogens is 1. The Morgan fingerprint density at radius 1 is 0.744 bits per heavy atom. The molecule has 1 fully saturated rings. The smallest absolute Gasteiger partial charge is 0.222 e. The topological polar surface area (TPSA) is 109 Å². The van der Waals surface area contributed by atoms with Crippen LogP contribution in [0.1, 0.15) is 70.8 Å². The van der Waals surface area contributed by atoms with Gasteiger partial charge >= 0.3 is 0 Å². The Balaban J connectivity index is 1.36. The SMILES string of the molecule is CCCCC(=O)NCCCOCCOCCOCCCNC(=O)CCCC(=O)N1CCN(c2ccc(CC)cc2F)CC1. The second-order valence-electron chi connectivity index (χ2n) is 10.7. The van der Waals surface area contributed by atoms with Crippen LogP contribution in [-0.2, 0) is 35.0 Å². The van der Waals surface area contributed by atoms with Crippen molar-refractivity contribution in [1.29, 1.82) is 0 Å². The van der Waals surface area contributed by atoms with E-state index >= 15 is 0 Å². The van der Waals surface area contributed by atoms with E-state index in [-0.39, 0.29) is 23.5 Å². The molecular formula is C32H53FN4O6. The summed E-state index contributed by atoms with van der Waals surface area (Å²) in [6.07, 6.45) is 5.97. The summed E-state index contributed by atoms with van der Waals surface area (Å²) in [5.74, 6) is -0.130. The number of anilines is 1. The number of hydrogen-bond donors (Lipinski definition) is 2. The summed E-state index contributed by atoms with van der Waals surface area (Å²) in [7, 11) is 0. The van der Waals surface area contributed by atoms with Gasteiger partial charge in [0.25, 0.3) is 0 Å². The Bertz CT molecular complexity index is 942. The average Bonchev–Trinajstić information content (AvgIpc) is 3.01. The number of amides is 3. The van der Waals surface area contributed by atoms with Crippen molar-refractivity contribution in [3.05, 3.63) is 29.6 Å². The third kappa shape index (κ3) is 16.0. The monoisotopic (exact) mass is 608 g/mol. The van der Waals surface area contributed by atoms with E-state index < -0.39 is 0 Å². The van der Waals surface area contributed by atoms with Crippen LogP contribution in [0.5, 0.6) is 0 Å². The van der Waals surface area contributed by atoms with Crippen LogP contribution in [0.25, 0.3) is 0 Å². The van der Waals surface area contributed by atoms with Crippen LogP contribution in [0.2, 0.25) is 0 Å². The van der Waals surface area contributed by atoms with Crippen molar-refractivity contribution in [1.82, 2.24) is 15.5 Å². The third-order valence-corrected chi connectivity index (χ3v) is 7.26. The van der Waals surface area contributed by atoms with Gasteiger partial charge in [-0.1, -0.05) is 26.3 Å². The Morgan fingerprint density at radius 3 is 1.84 bits per heavy atom. The number of ether oxygens (including phenoxy) is 3. The van der Waals surface area contributed by atoms with Gasteiger partial charge in [-0.3, -0.25) is 14.4 Å². The number of nitrogens with one attached hydrogen (secondary N) is 2. The molecule has 43 heavy (non-hydrogen) atoms. The minimum atomic E-state index is -0.211. The molecular weight excluding hydrogens is 555 g/mol. The number of piperazine rings is 1. The fourth-order valence-corrected chi connectivity index (χ4v) is 4.64. The van der Waals surface area contributed by atoms with Crippen LogP contribution in [0.15, 0.2) is 18.2 Å². The van der Waals surface area contributed by atoms with Crippen molar-refractivity contribution in [3.63, 3.8) is 0 Å². The first-order valence-corrected chi connectivity index (χ1v) is 16.0. The third-order valence-electron chi connectivity index (χ3n) is 7.26. The first-order chi connectivity index (χ1) is 20.9. The maximum absolute atomic E-state index is 14.4. The van der Waals surface area contributed by atoms with E-state index in [4.69, 9.17) is 14.2 Å². The summed E-state index contributed by atoms with van der Waals surface area (Å²) in [4.78, 5) is 39.9. The van der Waals surface area contributed by atoms with Crippen LogP contribution in [-0.4, -0.2) is 102 Å². The minimum absolute atomic E-state index is 0.0413. The van der Waals surface area contributed by atoms with Gasteiger partial charge in [0.05, 0.1) is 32.1 Å². The average molecular weight is 609 g/mol. The van der Waals surface area contributed by atoms with Crippen molar-refractivity contribution in [3.8, 4) is 0 Å². The Labute approximate surface area is 257 Å². The van der Waals surface area contributed by atoms with Gasteiger partial charge in [0.2, 0.25) is 17.7 Å². The maximum Gasteiger partial charge on any atom is 0.222 e. The highest BCUT2D eigenvalue weighted by Crippen LogP contribution is 2.22. The molecule has 0 saturated carbocycles. The van der Waals surface area contributed by atoms with E-state index in [0.29, 0.717) is 117 Å². The Morgan fingerprint density at radius 2 is 1.30 bits per heavy atom. The molecule has 10 nitrogen and oxygen atoms in total. The summed E-state index contributed by atoms with van der Waals surface area (Å²) in [5, 5.41) is 5.75. The van der Waals surface area contributed by atoms with E-state index in [1.165, 1.54) is 0 Å². The number of aryl methyl sites for hydroxylation is 1. The van der Waals surface area contributed by atoms with Gasteiger partial charge in [0.15, 0.2) is 0 Å². The number of hydrogen-bond acceptors (Lipinski definition) is 7. The Kier molecular flexibility index (Phi) is 19.3. The van der Waals surface area contributed by atoms with Crippen LogP contribution in [0.4, 0.5) is 10.1 Å². The first-order valence-electron chi connectivity index (χ1n) is 16.0. The maximum atomic E-state index is 14.4. The lowest BCUT2D eigenvalue weighted by molar-refractivity contribution is -0.131. The molecule has 0 aliphatic carbocycles. The molecule has 1 aliphatic heterocycles. The number of carbonyl (C=O) groups excluding carboxylic acids is 3. The molecule has 0 unspecified atom stereocenters. The molecule has 2 N–H and O–H groups in total. The van der Waals surface area contributed by atoms with Gasteiger partial charge in [-0.05, 0) is 49.8 Å². The van der Waals surface area contributed by atoms with Gasteiger partial charge in [-0.2, -0.15) is 0 Å². The minimum Gasteiger partial charge on any atom is -0.379 e. The molecule has 2 rings (SSSR count). The quantitative estimate of drug-likeness (QED) is 0.183. The highest BCUT2D eigenvalue weighted by molar-refractivity contribution is 5.79. The molecule has 1 aliphatic rings. The number of benzene rings is 1. The van der Waals surface area contributed by atoms with Crippen LogP contribution >= 0.6 is 0 Å². The largest absolute Gasteiger partial charge is 0.379 e. The molecule has 0 spiro atoms. The van der Waals surface area contributed by atoms with E-state index in [0.717, 1.165) is 31.2 Å². The van der Waals surface area contributed by atoms with Crippen LogP contribution < -0.4 is 15.5 Å². The van der Waals surface area contributed by atoms with Crippen LogP contribution in [0, 0.1) is 5.82 Å². The Hall–Kier alpha value is -2.76. The number of rotatable bonds is 23. The van der Waals surface area contributed by atoms with E-state index in [1.807, 2.05) is 24.0 Å². The van der Waals surface area contributed by atoms with E-state index in [2.05, 4.69) is 17.6 Å². The number of nitrogens with zero attached hydrogens (tertiary/aromatic N) is 2. The molecule has 0 aromatic heterocycles. The van der Waals surface area contributed by atoms with Crippen molar-refractivity contribution in [2.24, 2.45) is 0 Å². The second kappa shape index (κ2) is 22.7. The zero-order valence-electron chi connectivity index (χ0n) is 26.3. The summed E-state index contributed by atoms with van der Waals surface area (Å²) in [6, 6.07) is 5.36. The van der Waals surface area contributed by atoms with Gasteiger partial charge in [-0.25, -0.2) is 4.39 Å². The van der Waals surface area contributed by atoms with Gasteiger partial charge < -0.3 is 34.6 Å². The van der Waals surface area contributed by atoms with E-state index in [9.17, 15) is 18.8 Å². The molecule has 1 aromatic rings. The second-order valence-corrected chi connectivity index (χ2v) is 10.7. The predicted molar refractivity (Wildman–Crippen MR) is 166 cm³/mol. The van der Waals surface area contributed by atoms with Gasteiger partial charge in [-0.15, -0.1) is 0 Å². The molecule has 0 radical (unpaired) electrons. The lowest BCUT2D eigenvalue weighted by Gasteiger charge is -2.36. The first kappa shape index (κ1) is 36.4. The number of carbonyl (C=O) groups is 3. The van der Waals surface area contributed by atoms with Crippen LogP contribution in [0.3, 0.4) is 0 Å². The molecule has 0 atom stereocenters. The lowest BCUT2D eigenvalue weighted by atomic mass is 10.1. The van der Waals surface area contributed by atoms with Crippen molar-refractivity contribution in [2.45, 2.75) is 71.6 Å². The summed E-state index contributed by atoms with van der Waals surface area (Å²) >= 11 is 0. The molecule has 1 saturated heterocycles. The summed E-state index contributed by atoms with van der Waals surface area (Å²) in [5.41, 5.74) is 1.57. The summed E-state index contributed by atoms with van der Waals surface area (Å²) < 4.78 is 30.9. The lowest BCUT2D eigenvalue weighted by Crippen LogP contribution is -2.49. The van der Waals surface area contributed by atoms with Gasteiger partial charge in [0.1, 0.15) is 5.82 Å². The molecule has 11 heteroatoms. The molecule has 244 valence electrons. The standard InChI is InChI=1S/C32H53FN4O6/c1-3-5-9-30(38)34-14-7-20-41-22-24-43-25-23-42-21-8-15-35-31(39)10-6-11-32(40)37-18-16-36(17-19-37)29-13-12-27(4-2)26-28(29)33/h12-13,26H,3-11,14-25H2,1-2H3,(H,34,38)(H,35,39). The highest BCUT2D eigenvalue weighted by atomic mass is 19.1. The highest BCUT2D eigenvalue weighted by Gasteiger charge is 2.22. The molecule has 1 heterocycles. The number of unbranched alkanes of at least 4 members (excludes halogenated alkanes) is 1. The fourth-order valence-electron chi connectivity index (χ4n) is 4.64. The van der Waals surface area contributed by atoms with Crippen molar-refractivity contribution >= 4 is 23.4 Å². The van der Waals surface area contributed by atoms with E-state index in [1.54, 1.807) is 11.0 Å². The van der Waals surface area contributed by atoms with Gasteiger partial charge in [0, 0.05) is 71.7 Å². The van der Waals surface area contributed by atoms with Crippen molar-refractivity contribution in [2.75, 3.05) is 83.8 Å². The molecule has 1 aromatic carbocycles. The fraction of sp³-hybridized carbons (Fsp3) is 0.719. The normalized spacial score (nSPS) is 13.3.